The molecule has 1 aliphatic heterocycles. The maximum atomic E-state index is 14.6. The van der Waals surface area contributed by atoms with E-state index in [1.54, 1.807) is 72.8 Å². The summed E-state index contributed by atoms with van der Waals surface area (Å²) >= 11 is 0. The second kappa shape index (κ2) is 15.3. The molecule has 0 saturated heterocycles. The van der Waals surface area contributed by atoms with Gasteiger partial charge in [0, 0.05) is 12.6 Å². The van der Waals surface area contributed by atoms with Crippen LogP contribution in [0, 0.1) is 0 Å². The maximum Gasteiger partial charge on any atom is 0.299 e. The van der Waals surface area contributed by atoms with Crippen molar-refractivity contribution in [2.45, 2.75) is 12.6 Å². The Kier molecular flexibility index (Phi) is 10.7. The van der Waals surface area contributed by atoms with E-state index in [9.17, 15) is 19.2 Å². The van der Waals surface area contributed by atoms with Crippen LogP contribution in [0.1, 0.15) is 27.5 Å². The number of nitrogens with zero attached hydrogens (tertiary/aromatic N) is 2. The summed E-state index contributed by atoms with van der Waals surface area (Å²) < 4.78 is 32.9. The zero-order valence-corrected chi connectivity index (χ0v) is 28.5. The van der Waals surface area contributed by atoms with E-state index in [1.165, 1.54) is 53.6 Å². The number of ether oxygens (including phenoxy) is 6. The van der Waals surface area contributed by atoms with Crippen LogP contribution in [0.2, 0.25) is 0 Å². The summed E-state index contributed by atoms with van der Waals surface area (Å²) in [7, 11) is 8.82. The minimum Gasteiger partial charge on any atom is -0.497 e. The molecule has 1 N–H and O–H groups in total. The summed E-state index contributed by atoms with van der Waals surface area (Å²) in [6.07, 6.45) is 0. The van der Waals surface area contributed by atoms with E-state index >= 15 is 0 Å². The molecule has 1 unspecified atom stereocenters. The van der Waals surface area contributed by atoms with Gasteiger partial charge in [0.1, 0.15) is 29.8 Å². The van der Waals surface area contributed by atoms with Crippen molar-refractivity contribution < 1.29 is 47.6 Å². The Morgan fingerprint density at radius 1 is 0.720 bits per heavy atom. The lowest BCUT2D eigenvalue weighted by molar-refractivity contribution is -0.139. The highest BCUT2D eigenvalue weighted by Gasteiger charge is 2.40. The molecule has 0 radical (unpaired) electrons. The number of carbonyl (C=O) groups is 4. The van der Waals surface area contributed by atoms with Crippen molar-refractivity contribution in [2.24, 2.45) is 0 Å². The first-order valence-electron chi connectivity index (χ1n) is 15.4. The number of amides is 3. The summed E-state index contributed by atoms with van der Waals surface area (Å²) in [4.78, 5) is 57.7. The van der Waals surface area contributed by atoms with Gasteiger partial charge in [-0.2, -0.15) is 0 Å². The number of Topliss-reactive ketones (excluding diaryl/α,β-unsaturated/α-hetero) is 1. The highest BCUT2D eigenvalue weighted by Crippen LogP contribution is 2.42. The quantitative estimate of drug-likeness (QED) is 0.186. The first kappa shape index (κ1) is 35.1. The van der Waals surface area contributed by atoms with Gasteiger partial charge < -0.3 is 38.6 Å². The highest BCUT2D eigenvalue weighted by atomic mass is 16.5. The highest BCUT2D eigenvalue weighted by molar-refractivity contribution is 6.52. The Balaban J connectivity index is 1.66. The van der Waals surface area contributed by atoms with E-state index in [2.05, 4.69) is 5.32 Å². The number of ketones is 1. The molecule has 0 aromatic heterocycles. The fraction of sp³-hybridized carbons (Fsp3) is 0.243. The number of para-hydroxylation sites is 1. The summed E-state index contributed by atoms with van der Waals surface area (Å²) in [5.74, 6) is -0.657. The molecule has 5 rings (SSSR count). The second-order valence-corrected chi connectivity index (χ2v) is 11.0. The minimum atomic E-state index is -1.35. The van der Waals surface area contributed by atoms with Gasteiger partial charge in [-0.15, -0.1) is 0 Å². The number of anilines is 2. The van der Waals surface area contributed by atoms with E-state index in [-0.39, 0.29) is 29.4 Å². The van der Waals surface area contributed by atoms with Crippen LogP contribution >= 0.6 is 0 Å². The largest absolute Gasteiger partial charge is 0.497 e. The number of benzene rings is 4. The standard InChI is InChI=1S/C37H37N3O10/c1-45-24-13-11-22(12-14-24)20-40(32(41)21-39-28-10-8-7-9-26(28)34(42)37(39)44)33(23-17-30(48-4)35(50-6)31(18-23)49-5)36(43)38-27-16-15-25(46-2)19-29(27)47-3/h7-19,33H,20-21H2,1-6H3,(H,38,43). The van der Waals surface area contributed by atoms with E-state index < -0.39 is 36.1 Å². The van der Waals surface area contributed by atoms with Crippen LogP contribution in [0.4, 0.5) is 11.4 Å². The van der Waals surface area contributed by atoms with E-state index in [0.717, 1.165) is 4.90 Å². The van der Waals surface area contributed by atoms with Gasteiger partial charge in [0.2, 0.25) is 11.7 Å². The van der Waals surface area contributed by atoms with Crippen molar-refractivity contribution in [1.82, 2.24) is 4.90 Å². The third-order valence-electron chi connectivity index (χ3n) is 8.23. The number of rotatable bonds is 14. The molecule has 13 nitrogen and oxygen atoms in total. The van der Waals surface area contributed by atoms with Crippen LogP contribution in [0.25, 0.3) is 0 Å². The van der Waals surface area contributed by atoms with E-state index in [0.29, 0.717) is 39.8 Å². The van der Waals surface area contributed by atoms with Crippen LogP contribution < -0.4 is 38.6 Å². The van der Waals surface area contributed by atoms with Gasteiger partial charge in [-0.25, -0.2) is 0 Å². The maximum absolute atomic E-state index is 14.6. The first-order valence-corrected chi connectivity index (χ1v) is 15.4. The molecule has 0 spiro atoms. The molecule has 0 saturated carbocycles. The van der Waals surface area contributed by atoms with E-state index in [4.69, 9.17) is 28.4 Å². The number of fused-ring (bicyclic) bond motifs is 1. The zero-order chi connectivity index (χ0) is 35.9. The Labute approximate surface area is 289 Å². The van der Waals surface area contributed by atoms with Gasteiger partial charge in [0.25, 0.3) is 17.6 Å². The molecule has 0 fully saturated rings. The number of methoxy groups -OCH3 is 6. The first-order chi connectivity index (χ1) is 24.2. The van der Waals surface area contributed by atoms with Crippen LogP contribution in [-0.2, 0) is 20.9 Å². The Morgan fingerprint density at radius 2 is 1.34 bits per heavy atom. The van der Waals surface area contributed by atoms with Gasteiger partial charge in [0.15, 0.2) is 11.5 Å². The summed E-state index contributed by atoms with van der Waals surface area (Å²) in [5.41, 5.74) is 1.75. The van der Waals surface area contributed by atoms with Gasteiger partial charge in [-0.1, -0.05) is 24.3 Å². The van der Waals surface area contributed by atoms with Gasteiger partial charge in [-0.3, -0.25) is 24.1 Å². The Bertz CT molecular complexity index is 1890. The molecule has 1 heterocycles. The molecule has 4 aromatic carbocycles. The van der Waals surface area contributed by atoms with Gasteiger partial charge in [-0.05, 0) is 59.7 Å². The Morgan fingerprint density at radius 3 is 1.94 bits per heavy atom. The average molecular weight is 684 g/mol. The molecular weight excluding hydrogens is 646 g/mol. The normalized spacial score (nSPS) is 12.5. The average Bonchev–Trinajstić information content (AvgIpc) is 3.38. The SMILES string of the molecule is COc1ccc(CN(C(=O)CN2C(=O)C(=O)c3ccccc32)C(C(=O)Nc2ccc(OC)cc2OC)c2cc(OC)c(OC)c(OC)c2)cc1. The molecule has 0 aliphatic carbocycles. The zero-order valence-electron chi connectivity index (χ0n) is 28.5. The van der Waals surface area contributed by atoms with Crippen molar-refractivity contribution in [3.05, 3.63) is 95.6 Å². The molecule has 1 atom stereocenters. The van der Waals surface area contributed by atoms with Crippen molar-refractivity contribution in [3.8, 4) is 34.5 Å². The monoisotopic (exact) mass is 683 g/mol. The lowest BCUT2D eigenvalue weighted by Crippen LogP contribution is -2.46. The predicted octanol–water partition coefficient (Wildman–Crippen LogP) is 4.68. The van der Waals surface area contributed by atoms with Crippen molar-refractivity contribution in [2.75, 3.05) is 59.4 Å². The third kappa shape index (κ3) is 6.97. The number of hydrogen-bond acceptors (Lipinski definition) is 10. The molecule has 260 valence electrons. The number of hydrogen-bond donors (Lipinski definition) is 1. The fourth-order valence-electron chi connectivity index (χ4n) is 5.72. The summed E-state index contributed by atoms with van der Waals surface area (Å²) in [6.45, 7) is -0.618. The molecule has 50 heavy (non-hydrogen) atoms. The van der Waals surface area contributed by atoms with Crippen LogP contribution in [0.15, 0.2) is 78.9 Å². The molecule has 13 heteroatoms. The lowest BCUT2D eigenvalue weighted by Gasteiger charge is -2.33. The number of carbonyl (C=O) groups excluding carboxylic acids is 4. The summed E-state index contributed by atoms with van der Waals surface area (Å²) in [6, 6.07) is 20.1. The Hall–Kier alpha value is -6.24. The second-order valence-electron chi connectivity index (χ2n) is 11.0. The fourth-order valence-corrected chi connectivity index (χ4v) is 5.72. The predicted molar refractivity (Wildman–Crippen MR) is 184 cm³/mol. The van der Waals surface area contributed by atoms with Crippen LogP contribution in [0.5, 0.6) is 34.5 Å². The van der Waals surface area contributed by atoms with Crippen molar-refractivity contribution in [1.29, 1.82) is 0 Å². The number of nitrogens with one attached hydrogen (secondary N) is 1. The molecule has 1 aliphatic rings. The molecule has 4 aromatic rings. The van der Waals surface area contributed by atoms with Crippen LogP contribution in [-0.4, -0.2) is 77.6 Å². The van der Waals surface area contributed by atoms with Gasteiger partial charge in [0.05, 0.1) is 59.6 Å². The topological polar surface area (TPSA) is 142 Å². The van der Waals surface area contributed by atoms with Crippen molar-refractivity contribution >= 4 is 34.9 Å². The van der Waals surface area contributed by atoms with Gasteiger partial charge >= 0.3 is 0 Å². The molecule has 3 amide bonds. The summed E-state index contributed by atoms with van der Waals surface area (Å²) in [5, 5.41) is 2.90. The minimum absolute atomic E-state index is 0.0883. The third-order valence-corrected chi connectivity index (χ3v) is 8.23. The molecular formula is C37H37N3O10. The van der Waals surface area contributed by atoms with Crippen molar-refractivity contribution in [3.63, 3.8) is 0 Å². The lowest BCUT2D eigenvalue weighted by atomic mass is 10.0. The molecule has 0 bridgehead atoms. The van der Waals surface area contributed by atoms with E-state index in [1.807, 2.05) is 0 Å². The van der Waals surface area contributed by atoms with Crippen LogP contribution in [0.3, 0.4) is 0 Å². The smallest absolute Gasteiger partial charge is 0.299 e.